The Morgan fingerprint density at radius 3 is 2.12 bits per heavy atom. The van der Waals surface area contributed by atoms with E-state index in [1.165, 1.54) is 0 Å². The lowest BCUT2D eigenvalue weighted by Gasteiger charge is -2.37. The first-order chi connectivity index (χ1) is 23.2. The maximum absolute atomic E-state index is 11.2. The van der Waals surface area contributed by atoms with Gasteiger partial charge in [-0.15, -0.1) is 0 Å². The second-order valence-corrected chi connectivity index (χ2v) is 15.4. The maximum Gasteiger partial charge on any atom is 0.0646 e. The van der Waals surface area contributed by atoms with E-state index in [4.69, 9.17) is 24.1 Å². The molecule has 0 unspecified atom stereocenters. The topological polar surface area (TPSA) is 158 Å². The standard InChI is InChI=1S/C39H72O10/c1-24(11-10-18-40)14-16-30(41)20-31-12-9-13-32(49-31)22-37(47-8)27(4)35(42)23-36(43)28(5)39(45)29(6)38(44)25(2)15-17-33-21-34(46-7)19-26(3)48-33/h10-11,14,25-45H,9,12-13,15-23H2,1-8H3/b11-10+,24-14+/t25-,26-,27-,28-,29-,30-,31-,32-,33-,34+,35-,36+,37-,38-,39-/m0/s1. The zero-order valence-electron chi connectivity index (χ0n) is 31.7. The average molecular weight is 701 g/mol. The van der Waals surface area contributed by atoms with E-state index in [1.807, 2.05) is 39.8 Å². The van der Waals surface area contributed by atoms with Crippen molar-refractivity contribution < 1.29 is 49.6 Å². The van der Waals surface area contributed by atoms with Gasteiger partial charge in [-0.3, -0.25) is 0 Å². The van der Waals surface area contributed by atoms with Crippen LogP contribution < -0.4 is 0 Å². The predicted octanol–water partition coefficient (Wildman–Crippen LogP) is 4.71. The van der Waals surface area contributed by atoms with Crippen molar-refractivity contribution in [2.45, 2.75) is 179 Å². The van der Waals surface area contributed by atoms with Gasteiger partial charge in [-0.2, -0.15) is 0 Å². The lowest BCUT2D eigenvalue weighted by atomic mass is 9.79. The Morgan fingerprint density at radius 1 is 0.837 bits per heavy atom. The van der Waals surface area contributed by atoms with E-state index in [0.29, 0.717) is 19.3 Å². The number of allylic oxidation sites excluding steroid dienone is 2. The normalized spacial score (nSPS) is 30.2. The monoisotopic (exact) mass is 701 g/mol. The Morgan fingerprint density at radius 2 is 1.49 bits per heavy atom. The molecule has 10 nitrogen and oxygen atoms in total. The Labute approximate surface area is 296 Å². The molecule has 288 valence electrons. The second-order valence-electron chi connectivity index (χ2n) is 15.4. The van der Waals surface area contributed by atoms with Crippen molar-refractivity contribution in [1.29, 1.82) is 0 Å². The third-order valence-electron chi connectivity index (χ3n) is 11.3. The molecule has 0 aromatic carbocycles. The Balaban J connectivity index is 1.83. The number of aliphatic hydroxyl groups is 6. The lowest BCUT2D eigenvalue weighted by molar-refractivity contribution is -0.107. The summed E-state index contributed by atoms with van der Waals surface area (Å²) in [6.45, 7) is 11.5. The molecule has 2 aliphatic heterocycles. The minimum absolute atomic E-state index is 0.0103. The summed E-state index contributed by atoms with van der Waals surface area (Å²) in [6, 6.07) is 0. The van der Waals surface area contributed by atoms with Gasteiger partial charge in [0.2, 0.25) is 0 Å². The van der Waals surface area contributed by atoms with Gasteiger partial charge in [0.15, 0.2) is 0 Å². The van der Waals surface area contributed by atoms with Gasteiger partial charge < -0.3 is 49.6 Å². The molecule has 2 heterocycles. The first-order valence-corrected chi connectivity index (χ1v) is 18.9. The van der Waals surface area contributed by atoms with Gasteiger partial charge in [-0.25, -0.2) is 0 Å². The summed E-state index contributed by atoms with van der Waals surface area (Å²) in [5.74, 6) is -1.36. The van der Waals surface area contributed by atoms with Gasteiger partial charge in [0.25, 0.3) is 0 Å². The smallest absolute Gasteiger partial charge is 0.0646 e. The van der Waals surface area contributed by atoms with Crippen LogP contribution in [0, 0.1) is 23.7 Å². The van der Waals surface area contributed by atoms with E-state index in [1.54, 1.807) is 27.2 Å². The van der Waals surface area contributed by atoms with Crippen LogP contribution in [0.1, 0.15) is 112 Å². The molecule has 0 spiro atoms. The third-order valence-corrected chi connectivity index (χ3v) is 11.3. The molecular weight excluding hydrogens is 628 g/mol. The van der Waals surface area contributed by atoms with E-state index in [0.717, 1.165) is 50.5 Å². The molecular formula is C39H72O10. The minimum atomic E-state index is -0.966. The number of hydrogen-bond acceptors (Lipinski definition) is 10. The van der Waals surface area contributed by atoms with Crippen LogP contribution in [0.5, 0.6) is 0 Å². The number of aliphatic hydroxyl groups excluding tert-OH is 6. The van der Waals surface area contributed by atoms with Crippen molar-refractivity contribution in [3.8, 4) is 0 Å². The highest BCUT2D eigenvalue weighted by molar-refractivity contribution is 5.16. The summed E-state index contributed by atoms with van der Waals surface area (Å²) >= 11 is 0. The summed E-state index contributed by atoms with van der Waals surface area (Å²) in [5.41, 5.74) is 0.995. The van der Waals surface area contributed by atoms with Gasteiger partial charge >= 0.3 is 0 Å². The van der Waals surface area contributed by atoms with Gasteiger partial charge in [0.05, 0.1) is 73.8 Å². The highest BCUT2D eigenvalue weighted by Gasteiger charge is 2.37. The fraction of sp³-hybridized carbons (Fsp3) is 0.897. The zero-order valence-corrected chi connectivity index (χ0v) is 31.7. The Hall–Kier alpha value is -0.920. The molecule has 15 atom stereocenters. The van der Waals surface area contributed by atoms with Gasteiger partial charge in [-0.05, 0) is 84.0 Å². The number of methoxy groups -OCH3 is 2. The van der Waals surface area contributed by atoms with E-state index in [9.17, 15) is 25.5 Å². The Kier molecular flexibility index (Phi) is 20.7. The predicted molar refractivity (Wildman–Crippen MR) is 192 cm³/mol. The lowest BCUT2D eigenvalue weighted by Crippen LogP contribution is -2.44. The first kappa shape index (κ1) is 44.2. The molecule has 0 amide bonds. The summed E-state index contributed by atoms with van der Waals surface area (Å²) in [4.78, 5) is 0. The van der Waals surface area contributed by atoms with Crippen LogP contribution in [-0.4, -0.2) is 119 Å². The molecule has 2 saturated heterocycles. The largest absolute Gasteiger partial charge is 0.393 e. The molecule has 2 fully saturated rings. The molecule has 2 rings (SSSR count). The first-order valence-electron chi connectivity index (χ1n) is 18.9. The van der Waals surface area contributed by atoms with Crippen molar-refractivity contribution >= 4 is 0 Å². The highest BCUT2D eigenvalue weighted by Crippen LogP contribution is 2.32. The summed E-state index contributed by atoms with van der Waals surface area (Å²) in [7, 11) is 3.36. The molecule has 0 aromatic rings. The zero-order chi connectivity index (χ0) is 36.7. The van der Waals surface area contributed by atoms with E-state index < -0.39 is 42.4 Å². The fourth-order valence-electron chi connectivity index (χ4n) is 7.69. The van der Waals surface area contributed by atoms with E-state index in [2.05, 4.69) is 6.92 Å². The Bertz CT molecular complexity index is 945. The summed E-state index contributed by atoms with van der Waals surface area (Å²) in [5, 5.41) is 64.1. The molecule has 6 N–H and O–H groups in total. The highest BCUT2D eigenvalue weighted by atomic mass is 16.5. The molecule has 2 aliphatic rings. The van der Waals surface area contributed by atoms with Crippen molar-refractivity contribution in [1.82, 2.24) is 0 Å². The third kappa shape index (κ3) is 15.3. The molecule has 0 aromatic heterocycles. The van der Waals surface area contributed by atoms with E-state index >= 15 is 0 Å². The average Bonchev–Trinajstić information content (AvgIpc) is 3.09. The summed E-state index contributed by atoms with van der Waals surface area (Å²) in [6.07, 6.45) is 9.24. The van der Waals surface area contributed by atoms with Crippen LogP contribution in [-0.2, 0) is 18.9 Å². The molecule has 0 aliphatic carbocycles. The maximum atomic E-state index is 11.2. The van der Waals surface area contributed by atoms with Crippen LogP contribution in [0.3, 0.4) is 0 Å². The van der Waals surface area contributed by atoms with Crippen molar-refractivity contribution in [2.24, 2.45) is 23.7 Å². The number of rotatable bonds is 22. The molecule has 10 heteroatoms. The fourth-order valence-corrected chi connectivity index (χ4v) is 7.69. The van der Waals surface area contributed by atoms with Gasteiger partial charge in [-0.1, -0.05) is 51.5 Å². The van der Waals surface area contributed by atoms with Gasteiger partial charge in [0, 0.05) is 38.4 Å². The van der Waals surface area contributed by atoms with Crippen molar-refractivity contribution in [3.05, 3.63) is 23.8 Å². The van der Waals surface area contributed by atoms with Crippen molar-refractivity contribution in [3.63, 3.8) is 0 Å². The SMILES string of the molecule is CO[C@H]1C[C@H](CC[C@H](C)[C@H](O)[C@H](C)[C@@H](O)[C@@H](C)[C@H](O)C[C@H](O)[C@H](C)[C@H](C[C@@H]2CCC[C@@H](C[C@@H](O)C/C=C(C)/C=C/CO)O2)OC)O[C@@H](C)C1. The number of ether oxygens (including phenoxy) is 4. The molecule has 49 heavy (non-hydrogen) atoms. The van der Waals surface area contributed by atoms with Crippen LogP contribution >= 0.6 is 0 Å². The van der Waals surface area contributed by atoms with Crippen LogP contribution in [0.4, 0.5) is 0 Å². The molecule has 0 bridgehead atoms. The summed E-state index contributed by atoms with van der Waals surface area (Å²) < 4.78 is 23.8. The second kappa shape index (κ2) is 22.9. The van der Waals surface area contributed by atoms with Crippen molar-refractivity contribution in [2.75, 3.05) is 20.8 Å². The quantitative estimate of drug-likeness (QED) is 0.0875. The van der Waals surface area contributed by atoms with E-state index in [-0.39, 0.29) is 61.5 Å². The van der Waals surface area contributed by atoms with Crippen LogP contribution in [0.25, 0.3) is 0 Å². The van der Waals surface area contributed by atoms with Crippen LogP contribution in [0.15, 0.2) is 23.8 Å². The van der Waals surface area contributed by atoms with Gasteiger partial charge in [0.1, 0.15) is 0 Å². The minimum Gasteiger partial charge on any atom is -0.393 e. The van der Waals surface area contributed by atoms with Crippen LogP contribution in [0.2, 0.25) is 0 Å². The number of hydrogen-bond donors (Lipinski definition) is 6. The molecule has 0 radical (unpaired) electrons. The molecule has 0 saturated carbocycles.